The predicted molar refractivity (Wildman–Crippen MR) is 147 cm³/mol. The third-order valence-electron chi connectivity index (χ3n) is 7.43. The van der Waals surface area contributed by atoms with Crippen molar-refractivity contribution < 1.29 is 44.6 Å². The highest BCUT2D eigenvalue weighted by atomic mass is 19.4. The van der Waals surface area contributed by atoms with Gasteiger partial charge in [-0.3, -0.25) is 0 Å². The second kappa shape index (κ2) is 12.0. The fourth-order valence-electron chi connectivity index (χ4n) is 4.75. The first-order valence-electron chi connectivity index (χ1n) is 13.5. The van der Waals surface area contributed by atoms with E-state index in [-0.39, 0.29) is 17.6 Å². The number of nitrogens with zero attached hydrogens (tertiary/aromatic N) is 5. The minimum Gasteiger partial charge on any atom is -0.385 e. The summed E-state index contributed by atoms with van der Waals surface area (Å²) < 4.78 is 123. The van der Waals surface area contributed by atoms with Crippen LogP contribution in [0.25, 0.3) is 11.1 Å². The van der Waals surface area contributed by atoms with Crippen LogP contribution >= 0.6 is 0 Å². The lowest BCUT2D eigenvalue weighted by atomic mass is 9.87. The van der Waals surface area contributed by atoms with Gasteiger partial charge in [-0.1, -0.05) is 30.2 Å². The van der Waals surface area contributed by atoms with E-state index < -0.39 is 59.5 Å². The van der Waals surface area contributed by atoms with Gasteiger partial charge in [-0.15, -0.1) is 5.10 Å². The Morgan fingerprint density at radius 1 is 0.733 bits per heavy atom. The van der Waals surface area contributed by atoms with Gasteiger partial charge in [-0.2, -0.15) is 44.3 Å². The Kier molecular flexibility index (Phi) is 8.99. The number of aryl methyl sites for hydroxylation is 2. The van der Waals surface area contributed by atoms with E-state index in [1.165, 1.54) is 13.1 Å². The lowest BCUT2D eigenvalue weighted by molar-refractivity contribution is -0.143. The van der Waals surface area contributed by atoms with E-state index >= 15 is 0 Å². The predicted octanol–water partition coefficient (Wildman–Crippen LogP) is 8.07. The number of hydrogen-bond acceptors (Lipinski definition) is 5. The normalized spacial score (nSPS) is 14.0. The van der Waals surface area contributed by atoms with E-state index in [1.54, 1.807) is 39.0 Å². The van der Waals surface area contributed by atoms with Gasteiger partial charge in [0.1, 0.15) is 0 Å². The van der Waals surface area contributed by atoms with Crippen LogP contribution < -0.4 is 4.90 Å². The number of anilines is 1. The molecule has 4 aromatic rings. The van der Waals surface area contributed by atoms with Gasteiger partial charge < -0.3 is 10.0 Å². The second-order valence-corrected chi connectivity index (χ2v) is 10.9. The van der Waals surface area contributed by atoms with Gasteiger partial charge in [0.15, 0.2) is 0 Å². The molecule has 0 spiro atoms. The van der Waals surface area contributed by atoms with Gasteiger partial charge in [0, 0.05) is 13.1 Å². The highest BCUT2D eigenvalue weighted by Gasteiger charge is 2.37. The SMILES string of the molecule is CC[C@@](C)(O)c1ccc(C)c(-c2ccc(C(F)(F)F)cc2CN(Cc2cc(C(F)(F)F)cc(C(F)(F)F)c2)c2nnn(C)n2)c1. The molecular weight excluding hydrogens is 617 g/mol. The number of alkyl halides is 9. The number of halogens is 9. The highest BCUT2D eigenvalue weighted by Crippen LogP contribution is 2.39. The van der Waals surface area contributed by atoms with Crippen LogP contribution in [-0.2, 0) is 44.3 Å². The fraction of sp³-hybridized carbons (Fsp3) is 0.367. The maximum atomic E-state index is 13.9. The zero-order valence-corrected chi connectivity index (χ0v) is 24.4. The van der Waals surface area contributed by atoms with Crippen molar-refractivity contribution in [1.82, 2.24) is 20.2 Å². The van der Waals surface area contributed by atoms with Crippen LogP contribution in [0.2, 0.25) is 0 Å². The van der Waals surface area contributed by atoms with Crippen molar-refractivity contribution in [3.63, 3.8) is 0 Å². The fourth-order valence-corrected chi connectivity index (χ4v) is 4.75. The maximum Gasteiger partial charge on any atom is 0.416 e. The third-order valence-corrected chi connectivity index (χ3v) is 7.43. The van der Waals surface area contributed by atoms with Crippen LogP contribution in [-0.4, -0.2) is 25.3 Å². The summed E-state index contributed by atoms with van der Waals surface area (Å²) in [4.78, 5) is 2.13. The van der Waals surface area contributed by atoms with E-state index in [1.807, 2.05) is 0 Å². The maximum absolute atomic E-state index is 13.9. The van der Waals surface area contributed by atoms with E-state index in [4.69, 9.17) is 0 Å². The molecule has 1 aromatic heterocycles. The molecule has 0 amide bonds. The topological polar surface area (TPSA) is 67.1 Å². The number of benzene rings is 3. The first kappa shape index (κ1) is 33.7. The molecule has 0 unspecified atom stereocenters. The standard InChI is InChI=1S/C30H28F9N5O/c1-5-27(3,45)20-7-6-17(2)25(14-20)24-9-8-21(28(31,32)33)12-19(24)16-44(26-40-42-43(4)41-26)15-18-10-22(29(34,35)36)13-23(11-18)30(37,38)39/h6-14,45H,5,15-16H2,1-4H3/t27-/m1/s1. The minimum atomic E-state index is -5.11. The average Bonchev–Trinajstić information content (AvgIpc) is 3.37. The van der Waals surface area contributed by atoms with E-state index in [2.05, 4.69) is 15.4 Å². The van der Waals surface area contributed by atoms with Gasteiger partial charge in [-0.25, -0.2) is 0 Å². The van der Waals surface area contributed by atoms with Crippen molar-refractivity contribution in [3.05, 3.63) is 93.5 Å². The number of aliphatic hydroxyl groups is 1. The zero-order valence-electron chi connectivity index (χ0n) is 24.4. The smallest absolute Gasteiger partial charge is 0.385 e. The molecule has 3 aromatic carbocycles. The highest BCUT2D eigenvalue weighted by molar-refractivity contribution is 5.72. The summed E-state index contributed by atoms with van der Waals surface area (Å²) in [6.07, 6.45) is -14.7. The Labute approximate surface area is 252 Å². The summed E-state index contributed by atoms with van der Waals surface area (Å²) in [5, 5.41) is 22.4. The van der Waals surface area contributed by atoms with E-state index in [0.29, 0.717) is 40.8 Å². The molecule has 0 saturated heterocycles. The molecule has 0 aliphatic carbocycles. The van der Waals surface area contributed by atoms with Crippen molar-refractivity contribution in [1.29, 1.82) is 0 Å². The van der Waals surface area contributed by atoms with Crippen LogP contribution in [0.3, 0.4) is 0 Å². The molecule has 0 aliphatic rings. The Hall–Kier alpha value is -4.14. The average molecular weight is 646 g/mol. The summed E-state index contributed by atoms with van der Waals surface area (Å²) in [6.45, 7) is 3.95. The van der Waals surface area contributed by atoms with Crippen molar-refractivity contribution in [3.8, 4) is 11.1 Å². The summed E-state index contributed by atoms with van der Waals surface area (Å²) in [5.74, 6) is -0.244. The van der Waals surface area contributed by atoms with Gasteiger partial charge in [-0.05, 0) is 95.3 Å². The summed E-state index contributed by atoms with van der Waals surface area (Å²) in [5.41, 5.74) is -3.89. The largest absolute Gasteiger partial charge is 0.416 e. The molecular formula is C30H28F9N5O. The van der Waals surface area contributed by atoms with Crippen molar-refractivity contribution in [2.24, 2.45) is 7.05 Å². The molecule has 1 N–H and O–H groups in total. The van der Waals surface area contributed by atoms with E-state index in [0.717, 1.165) is 21.8 Å². The van der Waals surface area contributed by atoms with Crippen LogP contribution in [0.1, 0.15) is 59.2 Å². The second-order valence-electron chi connectivity index (χ2n) is 10.9. The third kappa shape index (κ3) is 7.75. The molecule has 0 bridgehead atoms. The molecule has 45 heavy (non-hydrogen) atoms. The molecule has 4 rings (SSSR count). The molecule has 0 saturated carbocycles. The number of aromatic nitrogens is 4. The Balaban J connectivity index is 1.90. The van der Waals surface area contributed by atoms with Crippen molar-refractivity contribution >= 4 is 5.95 Å². The van der Waals surface area contributed by atoms with Gasteiger partial charge in [0.25, 0.3) is 5.95 Å². The lowest BCUT2D eigenvalue weighted by Crippen LogP contribution is -2.25. The molecule has 6 nitrogen and oxygen atoms in total. The van der Waals surface area contributed by atoms with Gasteiger partial charge in [0.05, 0.1) is 29.3 Å². The summed E-state index contributed by atoms with van der Waals surface area (Å²) in [7, 11) is 1.37. The number of hydrogen-bond donors (Lipinski definition) is 1. The molecule has 0 radical (unpaired) electrons. The van der Waals surface area contributed by atoms with Crippen LogP contribution in [0, 0.1) is 6.92 Å². The lowest BCUT2D eigenvalue weighted by Gasteiger charge is -2.26. The monoisotopic (exact) mass is 645 g/mol. The Morgan fingerprint density at radius 2 is 1.31 bits per heavy atom. The van der Waals surface area contributed by atoms with Crippen molar-refractivity contribution in [2.75, 3.05) is 4.90 Å². The molecule has 242 valence electrons. The first-order chi connectivity index (χ1) is 20.7. The first-order valence-corrected chi connectivity index (χ1v) is 13.5. The van der Waals surface area contributed by atoms with Crippen LogP contribution in [0.4, 0.5) is 45.5 Å². The van der Waals surface area contributed by atoms with Crippen molar-refractivity contribution in [2.45, 2.75) is 64.4 Å². The number of tetrazole rings is 1. The molecule has 1 heterocycles. The quantitative estimate of drug-likeness (QED) is 0.197. The Bertz CT molecular complexity index is 1640. The van der Waals surface area contributed by atoms with Gasteiger partial charge >= 0.3 is 18.5 Å². The van der Waals surface area contributed by atoms with Crippen LogP contribution in [0.15, 0.2) is 54.6 Å². The summed E-state index contributed by atoms with van der Waals surface area (Å²) in [6, 6.07) is 9.04. The number of rotatable bonds is 8. The minimum absolute atomic E-state index is 0.0136. The molecule has 0 fully saturated rings. The van der Waals surface area contributed by atoms with Gasteiger partial charge in [0.2, 0.25) is 0 Å². The molecule has 1 atom stereocenters. The zero-order chi connectivity index (χ0) is 33.5. The molecule has 15 heteroatoms. The molecule has 0 aliphatic heterocycles. The Morgan fingerprint density at radius 3 is 1.82 bits per heavy atom. The van der Waals surface area contributed by atoms with E-state index in [9.17, 15) is 44.6 Å². The van der Waals surface area contributed by atoms with Crippen LogP contribution in [0.5, 0.6) is 0 Å². The summed E-state index contributed by atoms with van der Waals surface area (Å²) >= 11 is 0.